The van der Waals surface area contributed by atoms with E-state index in [9.17, 15) is 0 Å². The summed E-state index contributed by atoms with van der Waals surface area (Å²) in [6.45, 7) is 2.02. The van der Waals surface area contributed by atoms with Crippen molar-refractivity contribution >= 4 is 11.6 Å². The van der Waals surface area contributed by atoms with E-state index in [4.69, 9.17) is 21.4 Å². The molecule has 1 aliphatic heterocycles. The van der Waals surface area contributed by atoms with Crippen LogP contribution in [0.5, 0.6) is 5.75 Å². The zero-order valence-electron chi connectivity index (χ0n) is 7.38. The number of hydrogen-bond donors (Lipinski definition) is 1. The van der Waals surface area contributed by atoms with Crippen molar-refractivity contribution in [1.29, 1.82) is 0 Å². The molecular weight excluding hydrogens is 188 g/mol. The summed E-state index contributed by atoms with van der Waals surface area (Å²) in [5, 5.41) is 9.68. The molecule has 1 N–H and O–H groups in total. The minimum absolute atomic E-state index is 0.0612. The van der Waals surface area contributed by atoms with Crippen LogP contribution in [0.4, 0.5) is 0 Å². The first-order chi connectivity index (χ1) is 6.20. The first kappa shape index (κ1) is 8.85. The first-order valence-corrected chi connectivity index (χ1v) is 4.65. The summed E-state index contributed by atoms with van der Waals surface area (Å²) in [7, 11) is 0. The van der Waals surface area contributed by atoms with Crippen LogP contribution < -0.4 is 4.74 Å². The van der Waals surface area contributed by atoms with Gasteiger partial charge < -0.3 is 9.84 Å². The molecule has 0 fully saturated rings. The van der Waals surface area contributed by atoms with Crippen molar-refractivity contribution in [2.45, 2.75) is 19.4 Å². The zero-order chi connectivity index (χ0) is 9.42. The molecule has 13 heavy (non-hydrogen) atoms. The Morgan fingerprint density at radius 3 is 3.08 bits per heavy atom. The Labute approximate surface area is 82.1 Å². The molecule has 0 bridgehead atoms. The van der Waals surface area contributed by atoms with Crippen LogP contribution in [0.3, 0.4) is 0 Å². The van der Waals surface area contributed by atoms with Gasteiger partial charge in [0.25, 0.3) is 0 Å². The molecule has 0 unspecified atom stereocenters. The predicted molar refractivity (Wildman–Crippen MR) is 51.4 cm³/mol. The largest absolute Gasteiger partial charge is 0.487 e. The van der Waals surface area contributed by atoms with Crippen LogP contribution in [0.15, 0.2) is 12.1 Å². The molecule has 0 radical (unpaired) electrons. The molecule has 0 aromatic heterocycles. The second kappa shape index (κ2) is 3.20. The van der Waals surface area contributed by atoms with E-state index >= 15 is 0 Å². The number of benzene rings is 1. The molecule has 1 heterocycles. The molecule has 2 nitrogen and oxygen atoms in total. The fourth-order valence-corrected chi connectivity index (χ4v) is 1.97. The fourth-order valence-electron chi connectivity index (χ4n) is 1.67. The van der Waals surface area contributed by atoms with Crippen LogP contribution in [0.1, 0.15) is 11.1 Å². The summed E-state index contributed by atoms with van der Waals surface area (Å²) >= 11 is 5.90. The highest BCUT2D eigenvalue weighted by molar-refractivity contribution is 6.30. The van der Waals surface area contributed by atoms with E-state index in [1.807, 2.05) is 19.1 Å². The van der Waals surface area contributed by atoms with Crippen LogP contribution in [-0.2, 0) is 6.42 Å². The van der Waals surface area contributed by atoms with Crippen LogP contribution >= 0.6 is 11.6 Å². The van der Waals surface area contributed by atoms with Crippen molar-refractivity contribution in [3.63, 3.8) is 0 Å². The number of rotatable bonds is 1. The smallest absolute Gasteiger partial charge is 0.126 e. The summed E-state index contributed by atoms with van der Waals surface area (Å²) in [6, 6.07) is 3.78. The molecule has 70 valence electrons. The van der Waals surface area contributed by atoms with Gasteiger partial charge in [-0.25, -0.2) is 0 Å². The lowest BCUT2D eigenvalue weighted by Crippen LogP contribution is -2.17. The topological polar surface area (TPSA) is 29.5 Å². The number of hydrogen-bond acceptors (Lipinski definition) is 2. The van der Waals surface area contributed by atoms with Gasteiger partial charge in [-0.15, -0.1) is 0 Å². The lowest BCUT2D eigenvalue weighted by Gasteiger charge is -2.07. The second-order valence-electron chi connectivity index (χ2n) is 3.34. The fraction of sp³-hybridized carbons (Fsp3) is 0.400. The molecule has 1 atom stereocenters. The highest BCUT2D eigenvalue weighted by atomic mass is 35.5. The third kappa shape index (κ3) is 1.52. The third-order valence-corrected chi connectivity index (χ3v) is 2.47. The lowest BCUT2D eigenvalue weighted by atomic mass is 10.1. The lowest BCUT2D eigenvalue weighted by molar-refractivity contribution is 0.134. The van der Waals surface area contributed by atoms with Gasteiger partial charge in [-0.2, -0.15) is 0 Å². The van der Waals surface area contributed by atoms with E-state index in [0.29, 0.717) is 0 Å². The summed E-state index contributed by atoms with van der Waals surface area (Å²) in [4.78, 5) is 0. The molecule has 3 heteroatoms. The van der Waals surface area contributed by atoms with E-state index < -0.39 is 0 Å². The van der Waals surface area contributed by atoms with Crippen molar-refractivity contribution in [3.05, 3.63) is 28.3 Å². The quantitative estimate of drug-likeness (QED) is 0.748. The van der Waals surface area contributed by atoms with Crippen molar-refractivity contribution in [3.8, 4) is 5.75 Å². The van der Waals surface area contributed by atoms with Gasteiger partial charge in [0.2, 0.25) is 0 Å². The molecule has 1 aromatic carbocycles. The Morgan fingerprint density at radius 1 is 1.62 bits per heavy atom. The average Bonchev–Trinajstić information content (AvgIpc) is 2.47. The molecular formula is C10H11ClO2. The molecule has 0 aliphatic carbocycles. The van der Waals surface area contributed by atoms with E-state index in [1.165, 1.54) is 0 Å². The van der Waals surface area contributed by atoms with Crippen LogP contribution in [0.25, 0.3) is 0 Å². The number of aryl methyl sites for hydroxylation is 1. The van der Waals surface area contributed by atoms with Gasteiger partial charge in [0.1, 0.15) is 11.9 Å². The van der Waals surface area contributed by atoms with Crippen molar-refractivity contribution in [2.75, 3.05) is 6.61 Å². The minimum atomic E-state index is -0.0906. The third-order valence-electron chi connectivity index (χ3n) is 2.25. The second-order valence-corrected chi connectivity index (χ2v) is 3.77. The summed E-state index contributed by atoms with van der Waals surface area (Å²) < 4.78 is 5.53. The number of fused-ring (bicyclic) bond motifs is 1. The number of halogens is 1. The van der Waals surface area contributed by atoms with Crippen molar-refractivity contribution < 1.29 is 9.84 Å². The zero-order valence-corrected chi connectivity index (χ0v) is 8.14. The van der Waals surface area contributed by atoms with E-state index in [-0.39, 0.29) is 12.7 Å². The minimum Gasteiger partial charge on any atom is -0.487 e. The maximum Gasteiger partial charge on any atom is 0.126 e. The predicted octanol–water partition coefficient (Wildman–Crippen LogP) is 1.94. The van der Waals surface area contributed by atoms with E-state index in [0.717, 1.165) is 28.3 Å². The van der Waals surface area contributed by atoms with Crippen molar-refractivity contribution in [2.24, 2.45) is 0 Å². The normalized spacial score (nSPS) is 19.8. The number of ether oxygens (including phenoxy) is 1. The van der Waals surface area contributed by atoms with Gasteiger partial charge in [-0.05, 0) is 30.2 Å². The molecule has 0 amide bonds. The maximum atomic E-state index is 8.94. The van der Waals surface area contributed by atoms with Gasteiger partial charge in [0, 0.05) is 11.4 Å². The summed E-state index contributed by atoms with van der Waals surface area (Å²) in [5.41, 5.74) is 2.14. The molecule has 2 rings (SSSR count). The average molecular weight is 199 g/mol. The van der Waals surface area contributed by atoms with Gasteiger partial charge in [0.05, 0.1) is 6.61 Å². The van der Waals surface area contributed by atoms with Crippen LogP contribution in [0, 0.1) is 6.92 Å². The molecule has 0 saturated heterocycles. The Bertz CT molecular complexity index is 336. The van der Waals surface area contributed by atoms with Crippen molar-refractivity contribution in [1.82, 2.24) is 0 Å². The standard InChI is InChI=1S/C10H11ClO2/c1-6-2-8(11)3-7-4-9(5-12)13-10(6)7/h2-3,9,12H,4-5H2,1H3/t9-/m0/s1. The van der Waals surface area contributed by atoms with E-state index in [2.05, 4.69) is 0 Å². The Kier molecular flexibility index (Phi) is 2.18. The van der Waals surface area contributed by atoms with Crippen LogP contribution in [0.2, 0.25) is 5.02 Å². The summed E-state index contributed by atoms with van der Waals surface area (Å²) in [6.07, 6.45) is 0.667. The Morgan fingerprint density at radius 2 is 2.38 bits per heavy atom. The molecule has 0 spiro atoms. The number of aliphatic hydroxyl groups excluding tert-OH is 1. The molecule has 0 saturated carbocycles. The highest BCUT2D eigenvalue weighted by Crippen LogP contribution is 2.34. The Balaban J connectivity index is 2.40. The van der Waals surface area contributed by atoms with Gasteiger partial charge in [-0.1, -0.05) is 11.6 Å². The van der Waals surface area contributed by atoms with Crippen LogP contribution in [-0.4, -0.2) is 17.8 Å². The Hall–Kier alpha value is -0.730. The highest BCUT2D eigenvalue weighted by Gasteiger charge is 2.23. The van der Waals surface area contributed by atoms with E-state index in [1.54, 1.807) is 0 Å². The SMILES string of the molecule is Cc1cc(Cl)cc2c1O[C@H](CO)C2. The monoisotopic (exact) mass is 198 g/mol. The first-order valence-electron chi connectivity index (χ1n) is 4.27. The summed E-state index contributed by atoms with van der Waals surface area (Å²) in [5.74, 6) is 0.892. The molecule has 1 aliphatic rings. The number of aliphatic hydroxyl groups is 1. The van der Waals surface area contributed by atoms with Gasteiger partial charge in [-0.3, -0.25) is 0 Å². The van der Waals surface area contributed by atoms with Gasteiger partial charge in [0.15, 0.2) is 0 Å². The molecule has 1 aromatic rings. The maximum absolute atomic E-state index is 8.94. The van der Waals surface area contributed by atoms with Gasteiger partial charge >= 0.3 is 0 Å².